The number of nitrogens with zero attached hydrogens (tertiary/aromatic N) is 2. The van der Waals surface area contributed by atoms with Crippen LogP contribution in [-0.2, 0) is 4.79 Å². The van der Waals surface area contributed by atoms with Crippen molar-refractivity contribution in [1.82, 2.24) is 0 Å². The highest BCUT2D eigenvalue weighted by Crippen LogP contribution is 2.37. The number of methoxy groups -OCH3 is 1. The summed E-state index contributed by atoms with van der Waals surface area (Å²) < 4.78 is 5.12. The molecule has 0 radical (unpaired) electrons. The van der Waals surface area contributed by atoms with Crippen molar-refractivity contribution in [2.24, 2.45) is 10.2 Å². The number of carboxylic acids is 1. The molecule has 2 rings (SSSR count). The Morgan fingerprint density at radius 1 is 1.39 bits per heavy atom. The summed E-state index contributed by atoms with van der Waals surface area (Å²) >= 11 is 0. The second-order valence-corrected chi connectivity index (χ2v) is 5.15. The maximum Gasteiger partial charge on any atom is 0.335 e. The van der Waals surface area contributed by atoms with Crippen LogP contribution in [0, 0.1) is 12.3 Å². The third-order valence-corrected chi connectivity index (χ3v) is 3.53. The largest absolute Gasteiger partial charge is 0.495 e. The number of rotatable bonds is 8. The summed E-state index contributed by atoms with van der Waals surface area (Å²) in [6.45, 7) is 0. The molecule has 0 aromatic heterocycles. The summed E-state index contributed by atoms with van der Waals surface area (Å²) in [4.78, 5) is 23.1. The van der Waals surface area contributed by atoms with Gasteiger partial charge in [-0.05, 0) is 18.2 Å². The van der Waals surface area contributed by atoms with Gasteiger partial charge in [-0.2, -0.15) is 10.2 Å². The van der Waals surface area contributed by atoms with Crippen molar-refractivity contribution in [2.45, 2.75) is 31.3 Å². The number of benzene rings is 1. The van der Waals surface area contributed by atoms with Crippen molar-refractivity contribution in [3.05, 3.63) is 23.8 Å². The molecular formula is C16H17N3O4. The third kappa shape index (κ3) is 4.30. The Bertz CT molecular complexity index is 685. The minimum absolute atomic E-state index is 0.0683. The average Bonchev–Trinajstić information content (AvgIpc) is 3.31. The third-order valence-electron chi connectivity index (χ3n) is 3.53. The quantitative estimate of drug-likeness (QED) is 0.720. The van der Waals surface area contributed by atoms with Gasteiger partial charge in [0.2, 0.25) is 5.91 Å². The van der Waals surface area contributed by atoms with E-state index >= 15 is 0 Å². The van der Waals surface area contributed by atoms with Gasteiger partial charge in [0.05, 0.1) is 18.4 Å². The number of ether oxygens (including phenoxy) is 1. The molecule has 1 aliphatic heterocycles. The number of terminal acetylenes is 1. The molecule has 0 bridgehead atoms. The van der Waals surface area contributed by atoms with E-state index in [2.05, 4.69) is 21.5 Å². The minimum atomic E-state index is -1.08. The van der Waals surface area contributed by atoms with Crippen LogP contribution in [-0.4, -0.2) is 29.8 Å². The Morgan fingerprint density at radius 3 is 2.70 bits per heavy atom. The second-order valence-electron chi connectivity index (χ2n) is 5.15. The van der Waals surface area contributed by atoms with Crippen LogP contribution in [0.4, 0.5) is 5.69 Å². The fourth-order valence-corrected chi connectivity index (χ4v) is 2.13. The SMILES string of the molecule is C#CCCC1(CCC(=O)Nc2cc(C(=O)O)ccc2OC)N=N1. The van der Waals surface area contributed by atoms with Gasteiger partial charge in [-0.3, -0.25) is 4.79 Å². The first-order chi connectivity index (χ1) is 11.0. The fraction of sp³-hybridized carbons (Fsp3) is 0.375. The summed E-state index contributed by atoms with van der Waals surface area (Å²) in [5, 5.41) is 19.6. The predicted molar refractivity (Wildman–Crippen MR) is 83.5 cm³/mol. The Kier molecular flexibility index (Phi) is 4.96. The molecule has 7 nitrogen and oxygen atoms in total. The zero-order chi connectivity index (χ0) is 16.9. The highest BCUT2D eigenvalue weighted by atomic mass is 16.5. The van der Waals surface area contributed by atoms with Crippen LogP contribution < -0.4 is 10.1 Å². The Balaban J connectivity index is 1.96. The van der Waals surface area contributed by atoms with Crippen molar-refractivity contribution in [3.63, 3.8) is 0 Å². The van der Waals surface area contributed by atoms with Crippen LogP contribution in [0.2, 0.25) is 0 Å². The highest BCUT2D eigenvalue weighted by molar-refractivity contribution is 5.95. The number of hydrogen-bond donors (Lipinski definition) is 2. The molecular weight excluding hydrogens is 298 g/mol. The first-order valence-electron chi connectivity index (χ1n) is 7.08. The molecule has 1 aromatic rings. The number of carboxylic acid groups (broad SMARTS) is 1. The van der Waals surface area contributed by atoms with Gasteiger partial charge < -0.3 is 15.2 Å². The van der Waals surface area contributed by atoms with Gasteiger partial charge in [-0.15, -0.1) is 12.3 Å². The minimum Gasteiger partial charge on any atom is -0.495 e. The molecule has 7 heteroatoms. The predicted octanol–water partition coefficient (Wildman–Crippen LogP) is 2.69. The average molecular weight is 315 g/mol. The van der Waals surface area contributed by atoms with Crippen molar-refractivity contribution in [1.29, 1.82) is 0 Å². The van der Waals surface area contributed by atoms with Crippen molar-refractivity contribution in [3.8, 4) is 18.1 Å². The summed E-state index contributed by atoms with van der Waals surface area (Å²) in [7, 11) is 1.45. The molecule has 120 valence electrons. The van der Waals surface area contributed by atoms with E-state index in [1.807, 2.05) is 0 Å². The van der Waals surface area contributed by atoms with Gasteiger partial charge in [0.1, 0.15) is 5.75 Å². The highest BCUT2D eigenvalue weighted by Gasteiger charge is 2.39. The summed E-state index contributed by atoms with van der Waals surface area (Å²) in [5.41, 5.74) is -0.130. The normalized spacial score (nSPS) is 13.9. The second kappa shape index (κ2) is 6.92. The molecule has 1 heterocycles. The summed E-state index contributed by atoms with van der Waals surface area (Å²) in [6.07, 6.45) is 7.09. The molecule has 0 saturated carbocycles. The number of amides is 1. The number of carbonyl (C=O) groups excluding carboxylic acids is 1. The van der Waals surface area contributed by atoms with Crippen LogP contribution in [0.1, 0.15) is 36.0 Å². The molecule has 0 unspecified atom stereocenters. The number of anilines is 1. The first kappa shape index (κ1) is 16.5. The Morgan fingerprint density at radius 2 is 2.13 bits per heavy atom. The van der Waals surface area contributed by atoms with E-state index in [0.717, 1.165) is 0 Å². The van der Waals surface area contributed by atoms with E-state index in [0.29, 0.717) is 30.7 Å². The lowest BCUT2D eigenvalue weighted by Crippen LogP contribution is -2.18. The molecule has 1 aromatic carbocycles. The number of hydrogen-bond acceptors (Lipinski definition) is 5. The molecule has 0 fully saturated rings. The maximum absolute atomic E-state index is 12.1. The molecule has 0 saturated heterocycles. The standard InChI is InChI=1S/C16H17N3O4/c1-3-4-8-16(18-19-16)9-7-14(20)17-12-10-11(15(21)22)5-6-13(12)23-2/h1,5-6,10H,4,7-9H2,2H3,(H,17,20)(H,21,22). The lowest BCUT2D eigenvalue weighted by Gasteiger charge is -2.12. The summed E-state index contributed by atoms with van der Waals surface area (Å²) in [6, 6.07) is 4.27. The Labute approximate surface area is 133 Å². The molecule has 1 aliphatic rings. The molecule has 0 atom stereocenters. The topological polar surface area (TPSA) is 100 Å². The van der Waals surface area contributed by atoms with Crippen LogP contribution in [0.3, 0.4) is 0 Å². The van der Waals surface area contributed by atoms with Crippen LogP contribution in [0.5, 0.6) is 5.75 Å². The number of carbonyl (C=O) groups is 2. The number of aromatic carboxylic acids is 1. The molecule has 0 aliphatic carbocycles. The van der Waals surface area contributed by atoms with Crippen molar-refractivity contribution >= 4 is 17.6 Å². The molecule has 1 amide bonds. The van der Waals surface area contributed by atoms with Gasteiger partial charge in [0, 0.05) is 25.7 Å². The molecule has 23 heavy (non-hydrogen) atoms. The van der Waals surface area contributed by atoms with E-state index in [9.17, 15) is 9.59 Å². The first-order valence-corrected chi connectivity index (χ1v) is 7.08. The summed E-state index contributed by atoms with van der Waals surface area (Å²) in [5.74, 6) is 1.59. The van der Waals surface area contributed by atoms with Gasteiger partial charge in [0.15, 0.2) is 5.66 Å². The van der Waals surface area contributed by atoms with Gasteiger partial charge in [-0.1, -0.05) is 0 Å². The lowest BCUT2D eigenvalue weighted by atomic mass is 10.0. The zero-order valence-corrected chi connectivity index (χ0v) is 12.7. The van der Waals surface area contributed by atoms with Gasteiger partial charge in [0.25, 0.3) is 0 Å². The van der Waals surface area contributed by atoms with Crippen LogP contribution in [0.25, 0.3) is 0 Å². The van der Waals surface area contributed by atoms with E-state index in [1.165, 1.54) is 25.3 Å². The zero-order valence-electron chi connectivity index (χ0n) is 12.7. The van der Waals surface area contributed by atoms with E-state index in [4.69, 9.17) is 16.3 Å². The Hall–Kier alpha value is -2.88. The van der Waals surface area contributed by atoms with Crippen molar-refractivity contribution in [2.75, 3.05) is 12.4 Å². The molecule has 0 spiro atoms. The van der Waals surface area contributed by atoms with Gasteiger partial charge in [-0.25, -0.2) is 4.79 Å². The number of nitrogens with one attached hydrogen (secondary N) is 1. The monoisotopic (exact) mass is 315 g/mol. The maximum atomic E-state index is 12.1. The van der Waals surface area contributed by atoms with E-state index in [1.54, 1.807) is 0 Å². The van der Waals surface area contributed by atoms with Crippen LogP contribution >= 0.6 is 0 Å². The van der Waals surface area contributed by atoms with Crippen molar-refractivity contribution < 1.29 is 19.4 Å². The fourth-order valence-electron chi connectivity index (χ4n) is 2.13. The van der Waals surface area contributed by atoms with E-state index in [-0.39, 0.29) is 17.9 Å². The van der Waals surface area contributed by atoms with Gasteiger partial charge >= 0.3 is 5.97 Å². The van der Waals surface area contributed by atoms with E-state index < -0.39 is 11.6 Å². The lowest BCUT2D eigenvalue weighted by molar-refractivity contribution is -0.116. The smallest absolute Gasteiger partial charge is 0.335 e. The molecule has 2 N–H and O–H groups in total. The van der Waals surface area contributed by atoms with Crippen LogP contribution in [0.15, 0.2) is 28.4 Å².